The van der Waals surface area contributed by atoms with E-state index in [0.717, 1.165) is 24.2 Å². The van der Waals surface area contributed by atoms with Crippen molar-refractivity contribution in [2.75, 3.05) is 39.8 Å². The predicted molar refractivity (Wildman–Crippen MR) is 142 cm³/mol. The summed E-state index contributed by atoms with van der Waals surface area (Å²) in [7, 11) is 2.20. The second-order valence-electron chi connectivity index (χ2n) is 9.71. The van der Waals surface area contributed by atoms with Crippen LogP contribution in [-0.2, 0) is 6.61 Å². The van der Waals surface area contributed by atoms with Gasteiger partial charge in [-0.25, -0.2) is 4.99 Å². The largest absolute Gasteiger partial charge is 0.489 e. The Hall–Kier alpha value is -3.16. The average molecular weight is 473 g/mol. The Bertz CT molecular complexity index is 1070. The van der Waals surface area contributed by atoms with Crippen molar-refractivity contribution < 1.29 is 4.74 Å². The van der Waals surface area contributed by atoms with Crippen LogP contribution in [0.1, 0.15) is 36.3 Å². The van der Waals surface area contributed by atoms with Gasteiger partial charge in [-0.3, -0.25) is 5.01 Å². The van der Waals surface area contributed by atoms with Gasteiger partial charge in [-0.1, -0.05) is 48.5 Å². The number of allylic oxidation sites excluding steroid dienone is 1. The molecule has 2 atom stereocenters. The number of ether oxygens (including phenoxy) is 1. The van der Waals surface area contributed by atoms with Crippen molar-refractivity contribution >= 4 is 12.2 Å². The topological polar surface area (TPSA) is 69.7 Å². The summed E-state index contributed by atoms with van der Waals surface area (Å²) in [6.07, 6.45) is 7.24. The molecule has 1 saturated heterocycles. The molecule has 184 valence electrons. The first-order valence-corrected chi connectivity index (χ1v) is 12.7. The molecule has 3 heterocycles. The van der Waals surface area contributed by atoms with E-state index in [-0.39, 0.29) is 12.0 Å². The van der Waals surface area contributed by atoms with Gasteiger partial charge in [0.1, 0.15) is 30.6 Å². The third-order valence-electron chi connectivity index (χ3n) is 7.20. The molecule has 7 heteroatoms. The maximum atomic E-state index is 6.39. The summed E-state index contributed by atoms with van der Waals surface area (Å²) >= 11 is 0. The molecule has 35 heavy (non-hydrogen) atoms. The molecule has 3 aliphatic rings. The number of unbranched alkanes of at least 4 members (excludes halogenated alkanes) is 1. The van der Waals surface area contributed by atoms with Crippen LogP contribution in [0.25, 0.3) is 0 Å². The number of likely N-dealkylation sites (N-methyl/N-ethyl adjacent to an activating group) is 1. The van der Waals surface area contributed by atoms with E-state index in [1.807, 2.05) is 24.3 Å². The molecule has 0 spiro atoms. The molecule has 5 rings (SSSR count). The lowest BCUT2D eigenvalue weighted by Gasteiger charge is -2.32. The summed E-state index contributed by atoms with van der Waals surface area (Å²) in [5.74, 6) is 1.58. The molecule has 3 aliphatic heterocycles. The summed E-state index contributed by atoms with van der Waals surface area (Å²) in [6.45, 7) is 6.41. The lowest BCUT2D eigenvalue weighted by Crippen LogP contribution is -2.44. The van der Waals surface area contributed by atoms with Crippen LogP contribution in [0.2, 0.25) is 0 Å². The smallest absolute Gasteiger partial charge is 0.138 e. The van der Waals surface area contributed by atoms with Crippen LogP contribution in [0.15, 0.2) is 76.5 Å². The van der Waals surface area contributed by atoms with E-state index >= 15 is 0 Å². The van der Waals surface area contributed by atoms with Crippen LogP contribution in [0, 0.1) is 0 Å². The molecule has 0 saturated carbocycles. The highest BCUT2D eigenvalue weighted by Crippen LogP contribution is 2.39. The van der Waals surface area contributed by atoms with Gasteiger partial charge in [0.25, 0.3) is 0 Å². The fraction of sp³-hybridized carbons (Fsp3) is 0.429. The molecule has 0 aliphatic carbocycles. The lowest BCUT2D eigenvalue weighted by molar-refractivity contribution is 0.152. The highest BCUT2D eigenvalue weighted by Gasteiger charge is 2.39. The Morgan fingerprint density at radius 3 is 2.66 bits per heavy atom. The summed E-state index contributed by atoms with van der Waals surface area (Å²) in [5, 5.41) is 6.68. The molecule has 7 nitrogen and oxygen atoms in total. The van der Waals surface area contributed by atoms with Crippen LogP contribution in [0.3, 0.4) is 0 Å². The third-order valence-corrected chi connectivity index (χ3v) is 7.20. The average Bonchev–Trinajstić information content (AvgIpc) is 3.27. The van der Waals surface area contributed by atoms with Crippen LogP contribution < -0.4 is 10.5 Å². The van der Waals surface area contributed by atoms with Crippen molar-refractivity contribution in [3.63, 3.8) is 0 Å². The van der Waals surface area contributed by atoms with Gasteiger partial charge >= 0.3 is 0 Å². The fourth-order valence-corrected chi connectivity index (χ4v) is 5.13. The minimum atomic E-state index is -0.0722. The SMILES string of the molecule is CN1CCN(CCCCC2=CC(c3cccc(OCc4ccccc4)c3)C3C(N)=NC=NN23)CC1. The molecule has 0 amide bonds. The number of hydrazone groups is 1. The van der Waals surface area contributed by atoms with Gasteiger partial charge in [-0.15, -0.1) is 0 Å². The van der Waals surface area contributed by atoms with Crippen molar-refractivity contribution in [3.8, 4) is 5.75 Å². The molecule has 1 fully saturated rings. The number of amidine groups is 1. The zero-order valence-electron chi connectivity index (χ0n) is 20.6. The van der Waals surface area contributed by atoms with Gasteiger partial charge < -0.3 is 20.3 Å². The molecule has 0 radical (unpaired) electrons. The summed E-state index contributed by atoms with van der Waals surface area (Å²) in [6, 6.07) is 18.5. The Morgan fingerprint density at radius 1 is 1.00 bits per heavy atom. The van der Waals surface area contributed by atoms with Crippen LogP contribution in [0.4, 0.5) is 0 Å². The molecule has 2 aromatic carbocycles. The van der Waals surface area contributed by atoms with E-state index in [1.54, 1.807) is 6.34 Å². The number of benzene rings is 2. The van der Waals surface area contributed by atoms with E-state index in [9.17, 15) is 0 Å². The highest BCUT2D eigenvalue weighted by molar-refractivity contribution is 5.94. The molecular weight excluding hydrogens is 436 g/mol. The maximum absolute atomic E-state index is 6.39. The highest BCUT2D eigenvalue weighted by atomic mass is 16.5. The number of nitrogens with zero attached hydrogens (tertiary/aromatic N) is 5. The van der Waals surface area contributed by atoms with Gasteiger partial charge in [0, 0.05) is 37.8 Å². The number of hydrogen-bond donors (Lipinski definition) is 1. The number of nitrogens with two attached hydrogens (primary N) is 1. The fourth-order valence-electron chi connectivity index (χ4n) is 5.13. The van der Waals surface area contributed by atoms with Crippen molar-refractivity contribution in [1.29, 1.82) is 0 Å². The van der Waals surface area contributed by atoms with E-state index in [2.05, 4.69) is 68.4 Å². The van der Waals surface area contributed by atoms with Gasteiger partial charge in [0.2, 0.25) is 0 Å². The quantitative estimate of drug-likeness (QED) is 0.564. The summed E-state index contributed by atoms with van der Waals surface area (Å²) in [5.41, 5.74) is 9.96. The first kappa shape index (κ1) is 23.6. The van der Waals surface area contributed by atoms with Gasteiger partial charge in [-0.05, 0) is 56.1 Å². The first-order chi connectivity index (χ1) is 17.2. The van der Waals surface area contributed by atoms with Crippen molar-refractivity contribution in [1.82, 2.24) is 14.8 Å². The number of fused-ring (bicyclic) bond motifs is 1. The van der Waals surface area contributed by atoms with E-state index in [0.29, 0.717) is 12.4 Å². The van der Waals surface area contributed by atoms with Gasteiger partial charge in [-0.2, -0.15) is 5.10 Å². The van der Waals surface area contributed by atoms with Crippen LogP contribution in [-0.4, -0.2) is 72.8 Å². The van der Waals surface area contributed by atoms with Gasteiger partial charge in [0.05, 0.1) is 0 Å². The van der Waals surface area contributed by atoms with Crippen molar-refractivity contribution in [3.05, 3.63) is 77.5 Å². The molecular formula is C28H36N6O. The zero-order chi connectivity index (χ0) is 24.0. The van der Waals surface area contributed by atoms with E-state index < -0.39 is 0 Å². The number of hydrogen-bond acceptors (Lipinski definition) is 7. The number of rotatable bonds is 9. The molecule has 2 N–H and O–H groups in total. The Kier molecular flexibility index (Phi) is 7.45. The molecule has 2 unspecified atom stereocenters. The first-order valence-electron chi connectivity index (χ1n) is 12.7. The molecule has 0 bridgehead atoms. The number of piperazine rings is 1. The minimum Gasteiger partial charge on any atom is -0.489 e. The van der Waals surface area contributed by atoms with Crippen LogP contribution >= 0.6 is 0 Å². The summed E-state index contributed by atoms with van der Waals surface area (Å²) in [4.78, 5) is 9.32. The minimum absolute atomic E-state index is 0.0722. The Labute approximate surface area is 208 Å². The Morgan fingerprint density at radius 2 is 1.83 bits per heavy atom. The Balaban J connectivity index is 1.23. The van der Waals surface area contributed by atoms with Crippen molar-refractivity contribution in [2.24, 2.45) is 15.8 Å². The van der Waals surface area contributed by atoms with E-state index in [1.165, 1.54) is 50.4 Å². The standard InChI is InChI=1S/C28H36N6O/c1-32-14-16-33(17-15-32)13-6-5-11-24-19-26(27-28(29)30-21-31-34(24)27)23-10-7-12-25(18-23)35-20-22-8-3-2-4-9-22/h2-4,7-10,12,18-19,21,26-27H,5-6,11,13-17,20H2,1H3,(H2,29,30,31). The predicted octanol–water partition coefficient (Wildman–Crippen LogP) is 3.65. The summed E-state index contributed by atoms with van der Waals surface area (Å²) < 4.78 is 6.09. The third kappa shape index (κ3) is 5.74. The monoisotopic (exact) mass is 472 g/mol. The van der Waals surface area contributed by atoms with Crippen LogP contribution in [0.5, 0.6) is 5.75 Å². The number of aliphatic imine (C=N–C) groups is 1. The zero-order valence-corrected chi connectivity index (χ0v) is 20.6. The normalized spacial score (nSPS) is 22.6. The van der Waals surface area contributed by atoms with Gasteiger partial charge in [0.15, 0.2) is 0 Å². The van der Waals surface area contributed by atoms with Crippen molar-refractivity contribution in [2.45, 2.75) is 37.8 Å². The maximum Gasteiger partial charge on any atom is 0.138 e. The van der Waals surface area contributed by atoms with E-state index in [4.69, 9.17) is 10.5 Å². The molecule has 0 aromatic heterocycles. The second kappa shape index (κ2) is 11.1. The molecule has 2 aromatic rings. The second-order valence-corrected chi connectivity index (χ2v) is 9.71. The lowest BCUT2D eigenvalue weighted by atomic mass is 9.92.